The number of rotatable bonds is 4. The fraction of sp³-hybridized carbons (Fsp3) is 0.765. The van der Waals surface area contributed by atoms with E-state index in [-0.39, 0.29) is 0 Å². The van der Waals surface area contributed by atoms with E-state index in [1.165, 1.54) is 50.0 Å². The molecule has 4 nitrogen and oxygen atoms in total. The van der Waals surface area contributed by atoms with Gasteiger partial charge in [-0.1, -0.05) is 20.3 Å². The van der Waals surface area contributed by atoms with Gasteiger partial charge in [0.1, 0.15) is 5.82 Å². The number of hydrogen-bond donors (Lipinski definition) is 1. The first kappa shape index (κ1) is 14.8. The minimum Gasteiger partial charge on any atom is -0.366 e. The van der Waals surface area contributed by atoms with E-state index in [4.69, 9.17) is 4.98 Å². The molecule has 1 N–H and O–H groups in total. The van der Waals surface area contributed by atoms with E-state index in [1.807, 2.05) is 7.05 Å². The molecule has 0 aromatic carbocycles. The van der Waals surface area contributed by atoms with Gasteiger partial charge in [-0.3, -0.25) is 0 Å². The molecule has 2 unspecified atom stereocenters. The van der Waals surface area contributed by atoms with Crippen molar-refractivity contribution in [2.45, 2.75) is 64.5 Å². The second kappa shape index (κ2) is 6.30. The Morgan fingerprint density at radius 1 is 1.29 bits per heavy atom. The van der Waals surface area contributed by atoms with Crippen molar-refractivity contribution >= 4 is 5.69 Å². The van der Waals surface area contributed by atoms with Crippen molar-refractivity contribution in [1.29, 1.82) is 0 Å². The van der Waals surface area contributed by atoms with Crippen molar-refractivity contribution < 1.29 is 0 Å². The van der Waals surface area contributed by atoms with Crippen LogP contribution < -0.4 is 10.2 Å². The van der Waals surface area contributed by atoms with Gasteiger partial charge in [-0.15, -0.1) is 0 Å². The van der Waals surface area contributed by atoms with E-state index in [9.17, 15) is 0 Å². The third-order valence-electron chi connectivity index (χ3n) is 5.03. The van der Waals surface area contributed by atoms with Crippen LogP contribution in [0.25, 0.3) is 0 Å². The van der Waals surface area contributed by atoms with Gasteiger partial charge in [0, 0.05) is 25.0 Å². The molecule has 0 spiro atoms. The Morgan fingerprint density at radius 2 is 2.10 bits per heavy atom. The summed E-state index contributed by atoms with van der Waals surface area (Å²) >= 11 is 0. The van der Waals surface area contributed by atoms with Crippen molar-refractivity contribution in [2.24, 2.45) is 5.92 Å². The summed E-state index contributed by atoms with van der Waals surface area (Å²) in [4.78, 5) is 12.1. The second-order valence-corrected chi connectivity index (χ2v) is 6.84. The predicted octanol–water partition coefficient (Wildman–Crippen LogP) is 3.09. The Balaban J connectivity index is 1.92. The van der Waals surface area contributed by atoms with Crippen molar-refractivity contribution in [3.05, 3.63) is 17.7 Å². The molecule has 3 rings (SSSR count). The fourth-order valence-electron chi connectivity index (χ4n) is 3.99. The first-order valence-corrected chi connectivity index (χ1v) is 8.47. The Kier molecular flexibility index (Phi) is 4.43. The van der Waals surface area contributed by atoms with Crippen molar-refractivity contribution in [2.75, 3.05) is 18.5 Å². The largest absolute Gasteiger partial charge is 0.366 e. The van der Waals surface area contributed by atoms with Crippen LogP contribution in [0, 0.1) is 5.92 Å². The molecule has 0 bridgehead atoms. The van der Waals surface area contributed by atoms with Crippen molar-refractivity contribution in [1.82, 2.24) is 15.3 Å². The molecule has 0 radical (unpaired) electrons. The van der Waals surface area contributed by atoms with Crippen LogP contribution in [0.1, 0.15) is 63.4 Å². The van der Waals surface area contributed by atoms with Gasteiger partial charge >= 0.3 is 0 Å². The van der Waals surface area contributed by atoms with Gasteiger partial charge in [0.05, 0.1) is 17.6 Å². The van der Waals surface area contributed by atoms with Gasteiger partial charge in [0.15, 0.2) is 0 Å². The number of aromatic nitrogens is 2. The third kappa shape index (κ3) is 2.91. The molecular weight excluding hydrogens is 260 g/mol. The number of anilines is 1. The summed E-state index contributed by atoms with van der Waals surface area (Å²) in [6, 6.07) is 0.725. The highest BCUT2D eigenvalue weighted by Gasteiger charge is 2.36. The number of nitrogens with zero attached hydrogens (tertiary/aromatic N) is 3. The zero-order valence-corrected chi connectivity index (χ0v) is 13.6. The number of nitrogens with one attached hydrogen (secondary N) is 1. The number of hydrogen-bond acceptors (Lipinski definition) is 4. The molecule has 2 fully saturated rings. The molecule has 21 heavy (non-hydrogen) atoms. The number of piperidine rings is 1. The topological polar surface area (TPSA) is 41.1 Å². The molecule has 1 aliphatic heterocycles. The fourth-order valence-corrected chi connectivity index (χ4v) is 3.99. The molecule has 1 aliphatic carbocycles. The molecule has 4 heteroatoms. The first-order valence-electron chi connectivity index (χ1n) is 8.47. The minimum absolute atomic E-state index is 0.384. The highest BCUT2D eigenvalue weighted by molar-refractivity contribution is 5.51. The van der Waals surface area contributed by atoms with Gasteiger partial charge in [-0.25, -0.2) is 9.97 Å². The summed E-state index contributed by atoms with van der Waals surface area (Å²) in [5.41, 5.74) is 2.44. The Hall–Kier alpha value is -1.16. The quantitative estimate of drug-likeness (QED) is 0.924. The van der Waals surface area contributed by atoms with Crippen LogP contribution in [0.2, 0.25) is 0 Å². The van der Waals surface area contributed by atoms with Gasteiger partial charge in [-0.2, -0.15) is 0 Å². The minimum atomic E-state index is 0.384. The highest BCUT2D eigenvalue weighted by atomic mass is 15.2. The lowest BCUT2D eigenvalue weighted by atomic mass is 9.91. The van der Waals surface area contributed by atoms with E-state index in [2.05, 4.69) is 35.2 Å². The average Bonchev–Trinajstić information content (AvgIpc) is 2.96. The van der Waals surface area contributed by atoms with Crippen molar-refractivity contribution in [3.63, 3.8) is 0 Å². The molecule has 2 heterocycles. The lowest BCUT2D eigenvalue weighted by molar-refractivity contribution is 0.361. The van der Waals surface area contributed by atoms with Gasteiger partial charge in [0.25, 0.3) is 0 Å². The van der Waals surface area contributed by atoms with Crippen LogP contribution in [0.15, 0.2) is 6.20 Å². The molecule has 116 valence electrons. The standard InChI is InChI=1S/C17H28N4/c1-12(2)17-19-11-16(14(20-17)10-18-3)21-9-5-7-13-6-4-8-15(13)21/h11-13,15,18H,4-10H2,1-3H3. The van der Waals surface area contributed by atoms with Crippen LogP contribution in [-0.2, 0) is 6.54 Å². The van der Waals surface area contributed by atoms with E-state index >= 15 is 0 Å². The van der Waals surface area contributed by atoms with E-state index < -0.39 is 0 Å². The summed E-state index contributed by atoms with van der Waals surface area (Å²) in [6.45, 7) is 6.31. The summed E-state index contributed by atoms with van der Waals surface area (Å²) in [5, 5.41) is 3.27. The van der Waals surface area contributed by atoms with E-state index in [1.54, 1.807) is 0 Å². The van der Waals surface area contributed by atoms with Crippen LogP contribution in [0.4, 0.5) is 5.69 Å². The molecule has 2 aliphatic rings. The molecule has 1 aromatic heterocycles. The van der Waals surface area contributed by atoms with Crippen LogP contribution >= 0.6 is 0 Å². The van der Waals surface area contributed by atoms with Crippen LogP contribution in [0.3, 0.4) is 0 Å². The summed E-state index contributed by atoms with van der Waals surface area (Å²) in [5.74, 6) is 2.24. The summed E-state index contributed by atoms with van der Waals surface area (Å²) < 4.78 is 0. The summed E-state index contributed by atoms with van der Waals surface area (Å²) in [7, 11) is 2.00. The third-order valence-corrected chi connectivity index (χ3v) is 5.03. The number of fused-ring (bicyclic) bond motifs is 1. The van der Waals surface area contributed by atoms with Gasteiger partial charge in [-0.05, 0) is 38.6 Å². The maximum atomic E-state index is 4.84. The zero-order valence-electron chi connectivity index (χ0n) is 13.6. The normalized spacial score (nSPS) is 25.4. The maximum absolute atomic E-state index is 4.84. The molecule has 1 saturated heterocycles. The molecular formula is C17H28N4. The van der Waals surface area contributed by atoms with Gasteiger partial charge in [0.2, 0.25) is 0 Å². The lowest BCUT2D eigenvalue weighted by Crippen LogP contribution is -2.43. The van der Waals surface area contributed by atoms with Crippen molar-refractivity contribution in [3.8, 4) is 0 Å². The lowest BCUT2D eigenvalue weighted by Gasteiger charge is -2.40. The summed E-state index contributed by atoms with van der Waals surface area (Å²) in [6.07, 6.45) is 8.94. The first-order chi connectivity index (χ1) is 10.2. The SMILES string of the molecule is CNCc1nc(C(C)C)ncc1N1CCCC2CCCC21. The average molecular weight is 288 g/mol. The Labute approximate surface area is 128 Å². The zero-order chi connectivity index (χ0) is 14.8. The molecule has 2 atom stereocenters. The maximum Gasteiger partial charge on any atom is 0.131 e. The van der Waals surface area contributed by atoms with E-state index in [0.29, 0.717) is 5.92 Å². The smallest absolute Gasteiger partial charge is 0.131 e. The van der Waals surface area contributed by atoms with E-state index in [0.717, 1.165) is 24.3 Å². The van der Waals surface area contributed by atoms with Crippen LogP contribution in [0.5, 0.6) is 0 Å². The highest BCUT2D eigenvalue weighted by Crippen LogP contribution is 2.39. The predicted molar refractivity (Wildman–Crippen MR) is 86.6 cm³/mol. The Bertz CT molecular complexity index is 486. The molecule has 1 saturated carbocycles. The second-order valence-electron chi connectivity index (χ2n) is 6.84. The van der Waals surface area contributed by atoms with Crippen LogP contribution in [-0.4, -0.2) is 29.6 Å². The molecule has 1 aromatic rings. The Morgan fingerprint density at radius 3 is 2.86 bits per heavy atom. The monoisotopic (exact) mass is 288 g/mol. The molecule has 0 amide bonds. The van der Waals surface area contributed by atoms with Gasteiger partial charge < -0.3 is 10.2 Å².